The molecule has 0 radical (unpaired) electrons. The predicted molar refractivity (Wildman–Crippen MR) is 134 cm³/mol. The van der Waals surface area contributed by atoms with Crippen molar-refractivity contribution in [3.63, 3.8) is 0 Å². The Morgan fingerprint density at radius 3 is 1.85 bits per heavy atom. The number of aromatic hydroxyl groups is 1. The van der Waals surface area contributed by atoms with E-state index in [1.165, 1.54) is 0 Å². The zero-order chi connectivity index (χ0) is 24.5. The zero-order valence-electron chi connectivity index (χ0n) is 19.6. The molecule has 0 aliphatic carbocycles. The highest BCUT2D eigenvalue weighted by Crippen LogP contribution is 2.24. The summed E-state index contributed by atoms with van der Waals surface area (Å²) in [6.07, 6.45) is 0.354. The number of rotatable bonds is 10. The third-order valence-electron chi connectivity index (χ3n) is 5.93. The van der Waals surface area contributed by atoms with Gasteiger partial charge in [0.2, 0.25) is 11.8 Å². The molecule has 0 spiro atoms. The molecule has 3 aromatic rings. The second-order valence-electron chi connectivity index (χ2n) is 8.83. The normalized spacial score (nSPS) is 13.0. The van der Waals surface area contributed by atoms with Crippen molar-refractivity contribution in [2.45, 2.75) is 38.3 Å². The van der Waals surface area contributed by atoms with Gasteiger partial charge in [-0.3, -0.25) is 14.9 Å². The number of phenols is 1. The molecule has 2 amide bonds. The van der Waals surface area contributed by atoms with Crippen molar-refractivity contribution < 1.29 is 14.7 Å². The maximum atomic E-state index is 13.1. The van der Waals surface area contributed by atoms with Gasteiger partial charge in [-0.05, 0) is 41.2 Å². The van der Waals surface area contributed by atoms with Crippen molar-refractivity contribution in [1.82, 2.24) is 10.6 Å². The Morgan fingerprint density at radius 1 is 0.824 bits per heavy atom. The number of hydrogen-bond acceptors (Lipinski definition) is 5. The van der Waals surface area contributed by atoms with E-state index in [4.69, 9.17) is 5.73 Å². The van der Waals surface area contributed by atoms with Crippen LogP contribution in [0.25, 0.3) is 0 Å². The minimum absolute atomic E-state index is 0.0196. The predicted octanol–water partition coefficient (Wildman–Crippen LogP) is 3.35. The van der Waals surface area contributed by atoms with Gasteiger partial charge in [-0.15, -0.1) is 0 Å². The van der Waals surface area contributed by atoms with Crippen LogP contribution in [0, 0.1) is 5.92 Å². The third kappa shape index (κ3) is 7.01. The Morgan fingerprint density at radius 2 is 1.35 bits per heavy atom. The highest BCUT2D eigenvalue weighted by Gasteiger charge is 2.26. The van der Waals surface area contributed by atoms with Crippen molar-refractivity contribution in [2.75, 3.05) is 6.54 Å². The minimum Gasteiger partial charge on any atom is -0.508 e. The second-order valence-corrected chi connectivity index (χ2v) is 8.83. The van der Waals surface area contributed by atoms with Gasteiger partial charge in [0, 0.05) is 12.5 Å². The number of nitrogens with one attached hydrogen (secondary N) is 2. The zero-order valence-corrected chi connectivity index (χ0v) is 19.6. The van der Waals surface area contributed by atoms with Crippen LogP contribution in [0.5, 0.6) is 5.75 Å². The number of nitrogens with two attached hydrogens (primary N) is 1. The SMILES string of the molecule is CC(C)[C@H](N)C(=O)NC(=O)[C@H](Cc1ccc(O)cc1)NCC(c1ccccc1)c1ccccc1. The van der Waals surface area contributed by atoms with Crippen LogP contribution in [-0.4, -0.2) is 35.5 Å². The van der Waals surface area contributed by atoms with Crippen LogP contribution in [0.1, 0.15) is 36.5 Å². The number of hydrogen-bond donors (Lipinski definition) is 4. The Labute approximate surface area is 201 Å². The summed E-state index contributed by atoms with van der Waals surface area (Å²) >= 11 is 0. The average molecular weight is 460 g/mol. The molecule has 0 aliphatic heterocycles. The highest BCUT2D eigenvalue weighted by atomic mass is 16.3. The Balaban J connectivity index is 1.81. The van der Waals surface area contributed by atoms with E-state index in [0.29, 0.717) is 13.0 Å². The largest absolute Gasteiger partial charge is 0.508 e. The smallest absolute Gasteiger partial charge is 0.244 e. The average Bonchev–Trinajstić information content (AvgIpc) is 2.85. The molecular formula is C28H33N3O3. The number of phenolic OH excluding ortho intramolecular Hbond substituents is 1. The number of carbonyl (C=O) groups excluding carboxylic acids is 2. The van der Waals surface area contributed by atoms with Crippen LogP contribution in [0.3, 0.4) is 0 Å². The summed E-state index contributed by atoms with van der Waals surface area (Å²) in [7, 11) is 0. The van der Waals surface area contributed by atoms with Crippen molar-refractivity contribution in [3.05, 3.63) is 102 Å². The van der Waals surface area contributed by atoms with Gasteiger partial charge in [0.25, 0.3) is 0 Å². The fraction of sp³-hybridized carbons (Fsp3) is 0.286. The van der Waals surface area contributed by atoms with E-state index in [-0.39, 0.29) is 17.6 Å². The quantitative estimate of drug-likeness (QED) is 0.372. The van der Waals surface area contributed by atoms with E-state index in [1.807, 2.05) is 50.2 Å². The maximum Gasteiger partial charge on any atom is 0.244 e. The fourth-order valence-electron chi connectivity index (χ4n) is 3.78. The molecule has 0 bridgehead atoms. The first kappa shape index (κ1) is 25.1. The Bertz CT molecular complexity index is 1010. The molecule has 0 aliphatic rings. The van der Waals surface area contributed by atoms with E-state index < -0.39 is 23.9 Å². The molecule has 178 valence electrons. The summed E-state index contributed by atoms with van der Waals surface area (Å²) in [6.45, 7) is 4.17. The van der Waals surface area contributed by atoms with E-state index in [2.05, 4.69) is 34.9 Å². The van der Waals surface area contributed by atoms with Gasteiger partial charge < -0.3 is 16.2 Å². The minimum atomic E-state index is -0.764. The molecule has 0 saturated carbocycles. The first-order valence-electron chi connectivity index (χ1n) is 11.6. The van der Waals surface area contributed by atoms with Crippen LogP contribution < -0.4 is 16.4 Å². The maximum absolute atomic E-state index is 13.1. The number of amides is 2. The monoisotopic (exact) mass is 459 g/mol. The molecule has 0 unspecified atom stereocenters. The summed E-state index contributed by atoms with van der Waals surface area (Å²) in [6, 6.07) is 25.5. The summed E-state index contributed by atoms with van der Waals surface area (Å²) in [5, 5.41) is 15.5. The first-order valence-corrected chi connectivity index (χ1v) is 11.6. The van der Waals surface area contributed by atoms with Crippen LogP contribution in [0.4, 0.5) is 0 Å². The van der Waals surface area contributed by atoms with E-state index in [1.54, 1.807) is 24.3 Å². The molecule has 6 nitrogen and oxygen atoms in total. The molecule has 3 rings (SSSR count). The molecule has 34 heavy (non-hydrogen) atoms. The van der Waals surface area contributed by atoms with E-state index in [9.17, 15) is 14.7 Å². The van der Waals surface area contributed by atoms with Crippen LogP contribution in [0.2, 0.25) is 0 Å². The van der Waals surface area contributed by atoms with E-state index >= 15 is 0 Å². The molecule has 0 fully saturated rings. The lowest BCUT2D eigenvalue weighted by Crippen LogP contribution is -2.53. The number of carbonyl (C=O) groups is 2. The molecule has 6 heteroatoms. The van der Waals surface area contributed by atoms with Gasteiger partial charge in [-0.25, -0.2) is 0 Å². The molecule has 0 heterocycles. The van der Waals surface area contributed by atoms with Crippen molar-refractivity contribution in [3.8, 4) is 5.75 Å². The van der Waals surface area contributed by atoms with Crippen molar-refractivity contribution >= 4 is 11.8 Å². The van der Waals surface area contributed by atoms with Gasteiger partial charge in [-0.2, -0.15) is 0 Å². The summed E-state index contributed by atoms with van der Waals surface area (Å²) in [4.78, 5) is 25.6. The fourth-order valence-corrected chi connectivity index (χ4v) is 3.78. The molecule has 3 aromatic carbocycles. The molecule has 5 N–H and O–H groups in total. The number of benzene rings is 3. The van der Waals surface area contributed by atoms with Gasteiger partial charge in [0.1, 0.15) is 5.75 Å². The summed E-state index contributed by atoms with van der Waals surface area (Å²) in [5.41, 5.74) is 9.06. The highest BCUT2D eigenvalue weighted by molar-refractivity contribution is 6.00. The molecule has 0 saturated heterocycles. The Hall–Kier alpha value is -3.48. The molecular weight excluding hydrogens is 426 g/mol. The standard InChI is InChI=1S/C28H33N3O3/c1-19(2)26(29)28(34)31-27(33)25(17-20-13-15-23(32)16-14-20)30-18-24(21-9-5-3-6-10-21)22-11-7-4-8-12-22/h3-16,19,24-26,30,32H,17-18,29H2,1-2H3,(H,31,33,34)/t25-,26-/m0/s1. The Kier molecular flexibility index (Phi) is 8.96. The summed E-state index contributed by atoms with van der Waals surface area (Å²) in [5.74, 6) is -0.818. The summed E-state index contributed by atoms with van der Waals surface area (Å²) < 4.78 is 0. The van der Waals surface area contributed by atoms with Gasteiger partial charge in [0.05, 0.1) is 12.1 Å². The first-order chi connectivity index (χ1) is 16.3. The topological polar surface area (TPSA) is 104 Å². The van der Waals surface area contributed by atoms with E-state index in [0.717, 1.165) is 16.7 Å². The van der Waals surface area contributed by atoms with Gasteiger partial charge >= 0.3 is 0 Å². The van der Waals surface area contributed by atoms with Crippen LogP contribution in [0.15, 0.2) is 84.9 Å². The number of imide groups is 1. The van der Waals surface area contributed by atoms with Gasteiger partial charge in [0.15, 0.2) is 0 Å². The van der Waals surface area contributed by atoms with Crippen LogP contribution >= 0.6 is 0 Å². The van der Waals surface area contributed by atoms with Crippen molar-refractivity contribution in [1.29, 1.82) is 0 Å². The molecule has 0 aromatic heterocycles. The van der Waals surface area contributed by atoms with Crippen LogP contribution in [-0.2, 0) is 16.0 Å². The van der Waals surface area contributed by atoms with Gasteiger partial charge in [-0.1, -0.05) is 86.6 Å². The lowest BCUT2D eigenvalue weighted by molar-refractivity contribution is -0.132. The lowest BCUT2D eigenvalue weighted by atomic mass is 9.90. The molecule has 2 atom stereocenters. The van der Waals surface area contributed by atoms with Crippen molar-refractivity contribution in [2.24, 2.45) is 11.7 Å². The second kappa shape index (κ2) is 12.1. The third-order valence-corrected chi connectivity index (χ3v) is 5.93. The lowest BCUT2D eigenvalue weighted by Gasteiger charge is -2.24.